The number of aromatic nitrogens is 1. The third kappa shape index (κ3) is 6.03. The van der Waals surface area contributed by atoms with E-state index in [4.69, 9.17) is 10.00 Å². The second-order valence-electron chi connectivity index (χ2n) is 7.76. The first-order valence-corrected chi connectivity index (χ1v) is 12.7. The molecule has 0 unspecified atom stereocenters. The molecule has 0 spiro atoms. The molecule has 1 heterocycles. The van der Waals surface area contributed by atoms with E-state index in [-0.39, 0.29) is 11.8 Å². The lowest BCUT2D eigenvalue weighted by molar-refractivity contribution is 0.0524. The van der Waals surface area contributed by atoms with Gasteiger partial charge in [0.25, 0.3) is 5.91 Å². The molecule has 2 aromatic rings. The van der Waals surface area contributed by atoms with E-state index in [1.807, 2.05) is 21.8 Å². The number of hydrogen-bond donors (Lipinski definition) is 1. The molecule has 0 bridgehead atoms. The van der Waals surface area contributed by atoms with Crippen molar-refractivity contribution in [1.29, 1.82) is 5.26 Å². The van der Waals surface area contributed by atoms with Crippen LogP contribution < -0.4 is 9.62 Å². The number of benzene rings is 1. The van der Waals surface area contributed by atoms with E-state index in [2.05, 4.69) is 11.1 Å². The van der Waals surface area contributed by atoms with Gasteiger partial charge in [0.2, 0.25) is 10.0 Å². The summed E-state index contributed by atoms with van der Waals surface area (Å²) in [6.45, 7) is 2.43. The molecule has 3 rings (SSSR count). The Kier molecular flexibility index (Phi) is 7.30. The zero-order valence-corrected chi connectivity index (χ0v) is 19.4. The highest BCUT2D eigenvalue weighted by molar-refractivity contribution is 7.89. The van der Waals surface area contributed by atoms with E-state index in [0.29, 0.717) is 28.0 Å². The molecule has 1 aliphatic rings. The number of nitrogens with zero attached hydrogens (tertiary/aromatic N) is 3. The van der Waals surface area contributed by atoms with Crippen LogP contribution in [0, 0.1) is 24.2 Å². The number of hydrogen-bond acceptors (Lipinski definition) is 8. The van der Waals surface area contributed by atoms with Gasteiger partial charge in [-0.3, -0.25) is 4.79 Å². The molecule has 1 saturated carbocycles. The molecule has 1 aliphatic carbocycles. The van der Waals surface area contributed by atoms with Crippen LogP contribution in [-0.4, -0.2) is 45.3 Å². The van der Waals surface area contributed by atoms with Crippen LogP contribution in [-0.2, 0) is 14.8 Å². The summed E-state index contributed by atoms with van der Waals surface area (Å²) in [6, 6.07) is 9.34. The maximum Gasteiger partial charge on any atom is 0.284 e. The van der Waals surface area contributed by atoms with Gasteiger partial charge in [-0.1, -0.05) is 6.42 Å². The van der Waals surface area contributed by atoms with Gasteiger partial charge >= 0.3 is 0 Å². The van der Waals surface area contributed by atoms with E-state index in [9.17, 15) is 13.2 Å². The van der Waals surface area contributed by atoms with Crippen molar-refractivity contribution in [2.24, 2.45) is 5.92 Å². The van der Waals surface area contributed by atoms with Crippen molar-refractivity contribution in [2.75, 3.05) is 24.8 Å². The SMILES string of the molecule is CO[C@@H]1CCC[C@H](CN(c2ccc(C#N)cc2)c2nc(C(=O)NS(C)(=O)=O)c(C)s2)C1. The monoisotopic (exact) mass is 462 g/mol. The van der Waals surface area contributed by atoms with Crippen LogP contribution in [0.1, 0.15) is 46.6 Å². The number of anilines is 2. The van der Waals surface area contributed by atoms with Crippen molar-refractivity contribution in [3.63, 3.8) is 0 Å². The van der Waals surface area contributed by atoms with Crippen LogP contribution in [0.4, 0.5) is 10.8 Å². The summed E-state index contributed by atoms with van der Waals surface area (Å²) < 4.78 is 30.5. The Bertz CT molecular complexity index is 1070. The van der Waals surface area contributed by atoms with Gasteiger partial charge in [0.15, 0.2) is 5.13 Å². The number of ether oxygens (including phenoxy) is 1. The van der Waals surface area contributed by atoms with Crippen LogP contribution in [0.25, 0.3) is 0 Å². The number of rotatable bonds is 7. The second-order valence-corrected chi connectivity index (χ2v) is 10.7. The van der Waals surface area contributed by atoms with Gasteiger partial charge in [-0.15, -0.1) is 11.3 Å². The molecule has 31 heavy (non-hydrogen) atoms. The summed E-state index contributed by atoms with van der Waals surface area (Å²) in [4.78, 5) is 19.6. The number of methoxy groups -OCH3 is 1. The van der Waals surface area contributed by atoms with Gasteiger partial charge in [0.05, 0.1) is 24.0 Å². The molecule has 0 aliphatic heterocycles. The first kappa shape index (κ1) is 23.2. The molecule has 0 radical (unpaired) electrons. The van der Waals surface area contributed by atoms with E-state index in [1.165, 1.54) is 11.3 Å². The van der Waals surface area contributed by atoms with E-state index >= 15 is 0 Å². The first-order valence-electron chi connectivity index (χ1n) is 10.00. The third-order valence-electron chi connectivity index (χ3n) is 5.33. The lowest BCUT2D eigenvalue weighted by Gasteiger charge is -2.32. The first-order chi connectivity index (χ1) is 14.7. The van der Waals surface area contributed by atoms with E-state index < -0.39 is 15.9 Å². The van der Waals surface area contributed by atoms with Crippen molar-refractivity contribution in [2.45, 2.75) is 38.7 Å². The summed E-state index contributed by atoms with van der Waals surface area (Å²) >= 11 is 1.34. The Morgan fingerprint density at radius 2 is 2.06 bits per heavy atom. The van der Waals surface area contributed by atoms with Gasteiger partial charge in [-0.25, -0.2) is 18.1 Å². The Morgan fingerprint density at radius 3 is 2.68 bits per heavy atom. The fourth-order valence-corrected chi connectivity index (χ4v) is 5.18. The van der Waals surface area contributed by atoms with E-state index in [1.54, 1.807) is 26.2 Å². The number of carbonyl (C=O) groups excluding carboxylic acids is 1. The van der Waals surface area contributed by atoms with Crippen molar-refractivity contribution in [3.05, 3.63) is 40.4 Å². The molecule has 1 aromatic carbocycles. The highest BCUT2D eigenvalue weighted by Crippen LogP contribution is 2.35. The Labute approximate surface area is 186 Å². The molecule has 1 fully saturated rings. The molecule has 2 atom stereocenters. The molecule has 0 saturated heterocycles. The number of nitrogens with one attached hydrogen (secondary N) is 1. The van der Waals surface area contributed by atoms with Crippen LogP contribution in [0.15, 0.2) is 24.3 Å². The zero-order chi connectivity index (χ0) is 22.6. The van der Waals surface area contributed by atoms with Crippen LogP contribution in [0.2, 0.25) is 0 Å². The molecular weight excluding hydrogens is 436 g/mol. The molecule has 1 amide bonds. The fraction of sp³-hybridized carbons (Fsp3) is 0.476. The van der Waals surface area contributed by atoms with Crippen molar-refractivity contribution in [3.8, 4) is 6.07 Å². The largest absolute Gasteiger partial charge is 0.381 e. The topological polar surface area (TPSA) is 112 Å². The normalized spacial score (nSPS) is 18.9. The standard InChI is InChI=1S/C21H26N4O4S2/c1-14-19(20(26)24-31(3,27)28)23-21(30-14)25(17-9-7-15(12-22)8-10-17)13-16-5-4-6-18(11-16)29-2/h7-10,16,18H,4-6,11,13H2,1-3H3,(H,24,26)/t16-,18+/m0/s1. The zero-order valence-electron chi connectivity index (χ0n) is 17.8. The van der Waals surface area contributed by atoms with Gasteiger partial charge in [-0.2, -0.15) is 5.26 Å². The molecular formula is C21H26N4O4S2. The summed E-state index contributed by atoms with van der Waals surface area (Å²) in [5, 5.41) is 9.73. The van der Waals surface area contributed by atoms with Crippen LogP contribution >= 0.6 is 11.3 Å². The quantitative estimate of drug-likeness (QED) is 0.671. The van der Waals surface area contributed by atoms with Crippen molar-refractivity contribution in [1.82, 2.24) is 9.71 Å². The third-order valence-corrected chi connectivity index (χ3v) is 6.88. The number of sulfonamides is 1. The smallest absolute Gasteiger partial charge is 0.284 e. The Hall–Kier alpha value is -2.48. The highest BCUT2D eigenvalue weighted by atomic mass is 32.2. The average Bonchev–Trinajstić information content (AvgIpc) is 3.12. The maximum absolute atomic E-state index is 12.4. The van der Waals surface area contributed by atoms with E-state index in [0.717, 1.165) is 37.6 Å². The minimum Gasteiger partial charge on any atom is -0.381 e. The van der Waals surface area contributed by atoms with Crippen LogP contribution in [0.5, 0.6) is 0 Å². The van der Waals surface area contributed by atoms with Gasteiger partial charge in [0.1, 0.15) is 5.69 Å². The molecule has 8 nitrogen and oxygen atoms in total. The Morgan fingerprint density at radius 1 is 1.35 bits per heavy atom. The summed E-state index contributed by atoms with van der Waals surface area (Å²) in [5.74, 6) is -0.355. The van der Waals surface area contributed by atoms with Crippen molar-refractivity contribution >= 4 is 38.1 Å². The number of carbonyl (C=O) groups is 1. The van der Waals surface area contributed by atoms with Gasteiger partial charge < -0.3 is 9.64 Å². The predicted molar refractivity (Wildman–Crippen MR) is 120 cm³/mol. The average molecular weight is 463 g/mol. The number of aryl methyl sites for hydroxylation is 1. The van der Waals surface area contributed by atoms with Crippen LogP contribution in [0.3, 0.4) is 0 Å². The lowest BCUT2D eigenvalue weighted by atomic mass is 9.86. The molecule has 1 aromatic heterocycles. The van der Waals surface area contributed by atoms with Gasteiger partial charge in [-0.05, 0) is 56.4 Å². The lowest BCUT2D eigenvalue weighted by Crippen LogP contribution is -2.32. The summed E-state index contributed by atoms with van der Waals surface area (Å²) in [5.41, 5.74) is 1.52. The Balaban J connectivity index is 1.93. The predicted octanol–water partition coefficient (Wildman–Crippen LogP) is 3.36. The minimum atomic E-state index is -3.68. The molecule has 10 heteroatoms. The number of amides is 1. The number of thiazole rings is 1. The summed E-state index contributed by atoms with van der Waals surface area (Å²) in [7, 11) is -1.95. The number of nitriles is 1. The van der Waals surface area contributed by atoms with Gasteiger partial charge in [0, 0.05) is 24.2 Å². The second kappa shape index (κ2) is 9.77. The minimum absolute atomic E-state index is 0.0995. The fourth-order valence-electron chi connectivity index (χ4n) is 3.81. The maximum atomic E-state index is 12.4. The molecule has 166 valence electrons. The van der Waals surface area contributed by atoms with Crippen molar-refractivity contribution < 1.29 is 17.9 Å². The summed E-state index contributed by atoms with van der Waals surface area (Å²) in [6.07, 6.45) is 5.31. The molecule has 1 N–H and O–H groups in total. The highest BCUT2D eigenvalue weighted by Gasteiger charge is 2.27.